The second-order valence-corrected chi connectivity index (χ2v) is 24.8. The number of hydrogen-bond donors (Lipinski definition) is 1. The number of benzene rings is 7. The van der Waals surface area contributed by atoms with Crippen LogP contribution in [0.2, 0.25) is 0 Å². The highest BCUT2D eigenvalue weighted by atomic mass is 15.3. The second-order valence-electron chi connectivity index (χ2n) is 24.8. The van der Waals surface area contributed by atoms with E-state index >= 15 is 0 Å². The van der Waals surface area contributed by atoms with Crippen LogP contribution in [0.1, 0.15) is 129 Å². The summed E-state index contributed by atoms with van der Waals surface area (Å²) in [5.74, 6) is 0. The quantitative estimate of drug-likeness (QED) is 0.174. The lowest BCUT2D eigenvalue weighted by atomic mass is 9.33. The average molecular weight is 941 g/mol. The lowest BCUT2D eigenvalue weighted by molar-refractivity contribution is 0.195. The summed E-state index contributed by atoms with van der Waals surface area (Å²) in [6.45, 7) is 23.1. The molecule has 0 saturated heterocycles. The van der Waals surface area contributed by atoms with E-state index in [0.717, 1.165) is 32.2 Å². The Kier molecular flexibility index (Phi) is 9.97. The molecule has 0 amide bonds. The first-order valence-corrected chi connectivity index (χ1v) is 26.9. The topological polar surface area (TPSA) is 21.8 Å². The van der Waals surface area contributed by atoms with Gasteiger partial charge in [0.05, 0.1) is 11.2 Å². The standard InChI is InChI=1S/C67H69BN4/c1-63(2,3)47-29-31-56(50(38-47)44-21-12-10-13-22-44)71-59-42-52-51(64(4,5)34-35-65(52,6)7)41-55(59)68-54-26-16-17-27-58(54)70(48-24-14-11-15-25-48)60-39-49(40-61(71)62(60)68)72-57-30-28-45(46-23-20-36-69-43-46)37-53(57)66(8)32-18-19-33-67(66,72)9/h10-17,20-31,37-43,69H,18-19,32-36H2,1-9H3. The largest absolute Gasteiger partial charge is 0.387 e. The third kappa shape index (κ3) is 6.57. The van der Waals surface area contributed by atoms with Crippen LogP contribution in [-0.2, 0) is 21.7 Å². The molecule has 4 heterocycles. The predicted molar refractivity (Wildman–Crippen MR) is 308 cm³/mol. The van der Waals surface area contributed by atoms with Crippen molar-refractivity contribution in [2.24, 2.45) is 0 Å². The molecule has 360 valence electrons. The van der Waals surface area contributed by atoms with Gasteiger partial charge in [0.15, 0.2) is 0 Å². The van der Waals surface area contributed by atoms with Gasteiger partial charge in [0.1, 0.15) is 0 Å². The summed E-state index contributed by atoms with van der Waals surface area (Å²) >= 11 is 0. The van der Waals surface area contributed by atoms with Gasteiger partial charge in [0.2, 0.25) is 0 Å². The van der Waals surface area contributed by atoms with Gasteiger partial charge in [-0.1, -0.05) is 165 Å². The van der Waals surface area contributed by atoms with Gasteiger partial charge in [0.25, 0.3) is 6.71 Å². The average Bonchev–Trinajstić information content (AvgIpc) is 3.60. The Morgan fingerprint density at radius 2 is 1.18 bits per heavy atom. The molecule has 1 fully saturated rings. The Labute approximate surface area is 429 Å². The SMILES string of the molecule is CC(C)(C)c1ccc(N2c3cc4c(cc3B3c5ccccc5N(c5ccccc5)c5cc(N6c7ccc(C8=CNCC=C8)cc7C7(C)CCCCC67C)cc2c53)C(C)(C)CCC4(C)C)c(-c2ccccc2)c1. The molecule has 4 aliphatic heterocycles. The van der Waals surface area contributed by atoms with Crippen molar-refractivity contribution in [1.29, 1.82) is 0 Å². The Balaban J connectivity index is 1.16. The smallest absolute Gasteiger partial charge is 0.252 e. The maximum atomic E-state index is 3.49. The maximum Gasteiger partial charge on any atom is 0.252 e. The van der Waals surface area contributed by atoms with Crippen LogP contribution in [0.25, 0.3) is 16.7 Å². The van der Waals surface area contributed by atoms with Crippen LogP contribution < -0.4 is 36.4 Å². The molecule has 72 heavy (non-hydrogen) atoms. The van der Waals surface area contributed by atoms with Crippen molar-refractivity contribution in [2.75, 3.05) is 21.2 Å². The minimum absolute atomic E-state index is 0.0148. The molecule has 0 aromatic heterocycles. The van der Waals surface area contributed by atoms with E-state index in [4.69, 9.17) is 0 Å². The van der Waals surface area contributed by atoms with E-state index in [0.29, 0.717) is 0 Å². The molecule has 0 radical (unpaired) electrons. The molecule has 5 heteroatoms. The molecule has 7 aromatic carbocycles. The number of hydrogen-bond acceptors (Lipinski definition) is 4. The Bertz CT molecular complexity index is 3410. The summed E-state index contributed by atoms with van der Waals surface area (Å²) in [5.41, 5.74) is 24.8. The number of nitrogens with zero attached hydrogens (tertiary/aromatic N) is 3. The number of dihydropyridines is 1. The third-order valence-corrected chi connectivity index (χ3v) is 18.6. The molecule has 2 unspecified atom stereocenters. The van der Waals surface area contributed by atoms with Crippen LogP contribution in [0, 0.1) is 0 Å². The fraction of sp³-hybridized carbons (Fsp3) is 0.313. The highest BCUT2D eigenvalue weighted by Gasteiger charge is 2.58. The summed E-state index contributed by atoms with van der Waals surface area (Å²) in [6, 6.07) is 57.0. The number of rotatable bonds is 5. The van der Waals surface area contributed by atoms with Crippen LogP contribution in [0.15, 0.2) is 164 Å². The molecule has 13 rings (SSSR count). The molecule has 2 atom stereocenters. The van der Waals surface area contributed by atoms with Crippen LogP contribution in [0.3, 0.4) is 0 Å². The highest BCUT2D eigenvalue weighted by Crippen LogP contribution is 2.62. The zero-order valence-corrected chi connectivity index (χ0v) is 44.0. The maximum absolute atomic E-state index is 3.49. The molecule has 4 nitrogen and oxygen atoms in total. The molecule has 2 aliphatic carbocycles. The number of nitrogens with one attached hydrogen (secondary N) is 1. The number of fused-ring (bicyclic) bond motifs is 8. The van der Waals surface area contributed by atoms with Gasteiger partial charge in [0, 0.05) is 63.5 Å². The molecule has 7 aromatic rings. The van der Waals surface area contributed by atoms with Crippen molar-refractivity contribution in [1.82, 2.24) is 5.32 Å². The van der Waals surface area contributed by atoms with Crippen LogP contribution >= 0.6 is 0 Å². The molecule has 6 aliphatic rings. The van der Waals surface area contributed by atoms with Crippen LogP contribution in [-0.4, -0.2) is 18.8 Å². The van der Waals surface area contributed by atoms with Crippen molar-refractivity contribution in [3.63, 3.8) is 0 Å². The zero-order chi connectivity index (χ0) is 49.5. The van der Waals surface area contributed by atoms with E-state index in [2.05, 4.69) is 246 Å². The number of para-hydroxylation sites is 2. The summed E-state index contributed by atoms with van der Waals surface area (Å²) in [6.07, 6.45) is 13.8. The van der Waals surface area contributed by atoms with Gasteiger partial charge in [-0.25, -0.2) is 0 Å². The highest BCUT2D eigenvalue weighted by molar-refractivity contribution is 7.00. The van der Waals surface area contributed by atoms with E-state index in [9.17, 15) is 0 Å². The molecule has 1 N–H and O–H groups in total. The van der Waals surface area contributed by atoms with Crippen molar-refractivity contribution in [2.45, 2.75) is 128 Å². The Hall–Kier alpha value is -6.72. The molecule has 0 bridgehead atoms. The van der Waals surface area contributed by atoms with Crippen molar-refractivity contribution < 1.29 is 0 Å². The molecular weight excluding hydrogens is 872 g/mol. The lowest BCUT2D eigenvalue weighted by Crippen LogP contribution is -2.62. The minimum atomic E-state index is -0.165. The monoisotopic (exact) mass is 941 g/mol. The van der Waals surface area contributed by atoms with Crippen LogP contribution in [0.4, 0.5) is 45.5 Å². The first-order valence-electron chi connectivity index (χ1n) is 26.9. The van der Waals surface area contributed by atoms with E-state index in [1.165, 1.54) is 119 Å². The van der Waals surface area contributed by atoms with Gasteiger partial charge < -0.3 is 20.0 Å². The summed E-state index contributed by atoms with van der Waals surface area (Å²) in [7, 11) is 0. The van der Waals surface area contributed by atoms with E-state index in [1.54, 1.807) is 0 Å². The van der Waals surface area contributed by atoms with Gasteiger partial charge in [-0.2, -0.15) is 0 Å². The zero-order valence-electron chi connectivity index (χ0n) is 44.0. The molecule has 0 spiro atoms. The fourth-order valence-electron chi connectivity index (χ4n) is 14.3. The second kappa shape index (κ2) is 15.9. The first kappa shape index (κ1) is 45.2. The fourth-order valence-corrected chi connectivity index (χ4v) is 14.3. The normalized spacial score (nSPS) is 21.9. The first-order chi connectivity index (χ1) is 34.6. The van der Waals surface area contributed by atoms with E-state index in [-0.39, 0.29) is 33.9 Å². The summed E-state index contributed by atoms with van der Waals surface area (Å²) in [5, 5.41) is 3.49. The van der Waals surface area contributed by atoms with Gasteiger partial charge in [-0.15, -0.1) is 0 Å². The van der Waals surface area contributed by atoms with E-state index < -0.39 is 0 Å². The predicted octanol–water partition coefficient (Wildman–Crippen LogP) is 15.3. The van der Waals surface area contributed by atoms with Crippen molar-refractivity contribution in [3.05, 3.63) is 192 Å². The third-order valence-electron chi connectivity index (χ3n) is 18.6. The summed E-state index contributed by atoms with van der Waals surface area (Å²) < 4.78 is 0. The van der Waals surface area contributed by atoms with Gasteiger partial charge >= 0.3 is 0 Å². The number of anilines is 8. The Morgan fingerprint density at radius 1 is 0.514 bits per heavy atom. The molecular formula is C67H69BN4. The Morgan fingerprint density at radius 3 is 1.90 bits per heavy atom. The van der Waals surface area contributed by atoms with E-state index in [1.807, 2.05) is 0 Å². The lowest BCUT2D eigenvalue weighted by Gasteiger charge is -2.51. The molecule has 1 saturated carbocycles. The summed E-state index contributed by atoms with van der Waals surface area (Å²) in [4.78, 5) is 8.15. The van der Waals surface area contributed by atoms with Gasteiger partial charge in [-0.05, 0) is 165 Å². The van der Waals surface area contributed by atoms with Crippen molar-refractivity contribution in [3.8, 4) is 11.1 Å². The van der Waals surface area contributed by atoms with Crippen molar-refractivity contribution >= 4 is 74.2 Å². The minimum Gasteiger partial charge on any atom is -0.387 e. The number of allylic oxidation sites excluding steroid dienone is 2. The van der Waals surface area contributed by atoms with Gasteiger partial charge in [-0.3, -0.25) is 0 Å². The van der Waals surface area contributed by atoms with Crippen LogP contribution in [0.5, 0.6) is 0 Å².